The van der Waals surface area contributed by atoms with Crippen molar-refractivity contribution in [2.24, 2.45) is 0 Å². The molecule has 0 bridgehead atoms. The first kappa shape index (κ1) is 14.6. The first-order valence-corrected chi connectivity index (χ1v) is 7.93. The van der Waals surface area contributed by atoms with Crippen molar-refractivity contribution in [1.29, 1.82) is 0 Å². The molecule has 0 radical (unpaired) electrons. The van der Waals surface area contributed by atoms with Gasteiger partial charge in [0.1, 0.15) is 15.9 Å². The molecule has 3 aromatic rings. The van der Waals surface area contributed by atoms with E-state index in [1.54, 1.807) is 18.2 Å². The summed E-state index contributed by atoms with van der Waals surface area (Å²) in [5, 5.41) is 2.67. The molecular formula is C14H11N3O3S2. The Morgan fingerprint density at radius 3 is 2.86 bits per heavy atom. The number of rotatable bonds is 4. The van der Waals surface area contributed by atoms with E-state index in [1.807, 2.05) is 19.1 Å². The molecule has 1 amide bonds. The number of nitrogens with zero attached hydrogens (tertiary/aromatic N) is 2. The van der Waals surface area contributed by atoms with E-state index in [0.717, 1.165) is 16.6 Å². The van der Waals surface area contributed by atoms with E-state index in [1.165, 1.54) is 11.3 Å². The summed E-state index contributed by atoms with van der Waals surface area (Å²) in [6.45, 7) is 1.56. The van der Waals surface area contributed by atoms with Crippen molar-refractivity contribution in [2.45, 2.75) is 6.92 Å². The highest BCUT2D eigenvalue weighted by molar-refractivity contribution is 7.13. The minimum Gasteiger partial charge on any atom is -0.451 e. The molecule has 0 unspecified atom stereocenters. The molecule has 1 N–H and O–H groups in total. The fourth-order valence-corrected chi connectivity index (χ4v) is 3.15. The van der Waals surface area contributed by atoms with E-state index >= 15 is 0 Å². The topological polar surface area (TPSA) is 81.2 Å². The van der Waals surface area contributed by atoms with Gasteiger partial charge < -0.3 is 10.1 Å². The first-order valence-electron chi connectivity index (χ1n) is 6.38. The number of aromatic nitrogens is 2. The van der Waals surface area contributed by atoms with Crippen LogP contribution < -0.4 is 5.32 Å². The highest BCUT2D eigenvalue weighted by Gasteiger charge is 2.13. The number of ether oxygens (including phenoxy) is 1. The normalized spacial score (nSPS) is 10.6. The molecule has 0 aliphatic heterocycles. The number of thiophene rings is 1. The largest absolute Gasteiger partial charge is 0.451 e. The lowest BCUT2D eigenvalue weighted by atomic mass is 10.2. The van der Waals surface area contributed by atoms with Crippen LogP contribution >= 0.6 is 23.1 Å². The molecule has 0 saturated heterocycles. The van der Waals surface area contributed by atoms with E-state index in [9.17, 15) is 9.59 Å². The van der Waals surface area contributed by atoms with Crippen LogP contribution in [0.15, 0.2) is 30.3 Å². The monoisotopic (exact) mass is 333 g/mol. The number of carbonyl (C=O) groups excluding carboxylic acids is 2. The number of amides is 1. The molecular weight excluding hydrogens is 322 g/mol. The Labute approximate surface area is 134 Å². The average molecular weight is 333 g/mol. The van der Waals surface area contributed by atoms with Crippen molar-refractivity contribution in [2.75, 3.05) is 11.9 Å². The molecule has 3 rings (SSSR count). The summed E-state index contributed by atoms with van der Waals surface area (Å²) in [6, 6.07) is 8.83. The Balaban J connectivity index is 1.61. The maximum absolute atomic E-state index is 11.9. The van der Waals surface area contributed by atoms with Crippen LogP contribution in [0.4, 0.5) is 5.69 Å². The predicted octanol–water partition coefficient (Wildman–Crippen LogP) is 2.86. The van der Waals surface area contributed by atoms with Crippen LogP contribution in [0.3, 0.4) is 0 Å². The Morgan fingerprint density at radius 1 is 1.23 bits per heavy atom. The summed E-state index contributed by atoms with van der Waals surface area (Å²) < 4.78 is 13.2. The Bertz CT molecular complexity index is 841. The molecule has 0 aliphatic carbocycles. The highest BCUT2D eigenvalue weighted by Crippen LogP contribution is 2.21. The maximum atomic E-state index is 11.9. The van der Waals surface area contributed by atoms with Gasteiger partial charge in [-0.05, 0) is 31.2 Å². The second-order valence-corrected chi connectivity index (χ2v) is 6.29. The summed E-state index contributed by atoms with van der Waals surface area (Å²) >= 11 is 2.41. The summed E-state index contributed by atoms with van der Waals surface area (Å²) in [7, 11) is 0. The molecule has 22 heavy (non-hydrogen) atoms. The van der Waals surface area contributed by atoms with E-state index < -0.39 is 11.9 Å². The van der Waals surface area contributed by atoms with Crippen molar-refractivity contribution in [3.8, 4) is 0 Å². The number of anilines is 1. The van der Waals surface area contributed by atoms with Gasteiger partial charge in [0.05, 0.1) is 17.4 Å². The van der Waals surface area contributed by atoms with Gasteiger partial charge in [0.25, 0.3) is 5.91 Å². The van der Waals surface area contributed by atoms with E-state index in [-0.39, 0.29) is 6.61 Å². The molecule has 8 heteroatoms. The number of nitrogens with one attached hydrogen (secondary N) is 1. The molecule has 2 aromatic heterocycles. The Kier molecular flexibility index (Phi) is 4.12. The van der Waals surface area contributed by atoms with Crippen molar-refractivity contribution in [1.82, 2.24) is 8.75 Å². The zero-order valence-electron chi connectivity index (χ0n) is 11.5. The van der Waals surface area contributed by atoms with Crippen LogP contribution in [0, 0.1) is 6.92 Å². The van der Waals surface area contributed by atoms with Crippen LogP contribution in [-0.4, -0.2) is 27.2 Å². The van der Waals surface area contributed by atoms with Crippen LogP contribution in [0.5, 0.6) is 0 Å². The predicted molar refractivity (Wildman–Crippen MR) is 85.4 cm³/mol. The molecule has 0 saturated carbocycles. The number of aryl methyl sites for hydroxylation is 1. The number of benzene rings is 1. The third kappa shape index (κ3) is 3.12. The lowest BCUT2D eigenvalue weighted by Gasteiger charge is -2.06. The highest BCUT2D eigenvalue weighted by atomic mass is 32.1. The molecule has 0 fully saturated rings. The molecule has 2 heterocycles. The first-order chi connectivity index (χ1) is 10.6. The number of esters is 1. The van der Waals surface area contributed by atoms with Crippen LogP contribution in [0.1, 0.15) is 14.5 Å². The van der Waals surface area contributed by atoms with Crippen molar-refractivity contribution in [3.05, 3.63) is 40.1 Å². The van der Waals surface area contributed by atoms with Gasteiger partial charge in [0.2, 0.25) is 0 Å². The van der Waals surface area contributed by atoms with Gasteiger partial charge in [-0.25, -0.2) is 4.79 Å². The molecule has 6 nitrogen and oxygen atoms in total. The van der Waals surface area contributed by atoms with Gasteiger partial charge in [0.15, 0.2) is 6.61 Å². The summed E-state index contributed by atoms with van der Waals surface area (Å²) in [4.78, 5) is 25.2. The average Bonchev–Trinajstić information content (AvgIpc) is 3.14. The lowest BCUT2D eigenvalue weighted by molar-refractivity contribution is -0.119. The SMILES string of the molecule is Cc1ccc(C(=O)OCC(=O)Nc2cccc3nsnc23)s1. The van der Waals surface area contributed by atoms with Crippen LogP contribution in [0.2, 0.25) is 0 Å². The Hall–Kier alpha value is -2.32. The second-order valence-electron chi connectivity index (χ2n) is 4.47. The molecule has 112 valence electrons. The fourth-order valence-electron chi connectivity index (χ4n) is 1.84. The fraction of sp³-hybridized carbons (Fsp3) is 0.143. The quantitative estimate of drug-likeness (QED) is 0.743. The molecule has 0 aliphatic rings. The minimum atomic E-state index is -0.498. The number of hydrogen-bond acceptors (Lipinski definition) is 7. The van der Waals surface area contributed by atoms with E-state index in [4.69, 9.17) is 4.74 Å². The van der Waals surface area contributed by atoms with Gasteiger partial charge in [-0.15, -0.1) is 11.3 Å². The molecule has 0 spiro atoms. The number of carbonyl (C=O) groups is 2. The number of fused-ring (bicyclic) bond motifs is 1. The van der Waals surface area contributed by atoms with Gasteiger partial charge in [-0.2, -0.15) is 8.75 Å². The van der Waals surface area contributed by atoms with Crippen LogP contribution in [0.25, 0.3) is 11.0 Å². The number of hydrogen-bond donors (Lipinski definition) is 1. The Morgan fingerprint density at radius 2 is 2.09 bits per heavy atom. The van der Waals surface area contributed by atoms with Crippen molar-refractivity contribution < 1.29 is 14.3 Å². The van der Waals surface area contributed by atoms with Gasteiger partial charge >= 0.3 is 5.97 Å². The van der Waals surface area contributed by atoms with E-state index in [2.05, 4.69) is 14.1 Å². The van der Waals surface area contributed by atoms with Crippen molar-refractivity contribution >= 4 is 51.7 Å². The summed E-state index contributed by atoms with van der Waals surface area (Å²) in [5.41, 5.74) is 1.90. The van der Waals surface area contributed by atoms with Gasteiger partial charge in [-0.3, -0.25) is 4.79 Å². The van der Waals surface area contributed by atoms with Gasteiger partial charge in [0, 0.05) is 4.88 Å². The van der Waals surface area contributed by atoms with Crippen LogP contribution in [-0.2, 0) is 9.53 Å². The zero-order valence-corrected chi connectivity index (χ0v) is 13.2. The minimum absolute atomic E-state index is 0.344. The smallest absolute Gasteiger partial charge is 0.348 e. The van der Waals surface area contributed by atoms with Gasteiger partial charge in [-0.1, -0.05) is 6.07 Å². The molecule has 0 atom stereocenters. The lowest BCUT2D eigenvalue weighted by Crippen LogP contribution is -2.20. The van der Waals surface area contributed by atoms with E-state index in [0.29, 0.717) is 21.6 Å². The standard InChI is InChI=1S/C14H11N3O3S2/c1-8-5-6-11(21-8)14(19)20-7-12(18)15-9-3-2-4-10-13(9)17-22-16-10/h2-6H,7H2,1H3,(H,15,18). The summed E-state index contributed by atoms with van der Waals surface area (Å²) in [5.74, 6) is -0.913. The maximum Gasteiger partial charge on any atom is 0.348 e. The molecule has 1 aromatic carbocycles. The third-order valence-electron chi connectivity index (χ3n) is 2.84. The second kappa shape index (κ2) is 6.20. The zero-order chi connectivity index (χ0) is 15.5. The third-order valence-corrected chi connectivity index (χ3v) is 4.36. The summed E-state index contributed by atoms with van der Waals surface area (Å²) in [6.07, 6.45) is 0. The van der Waals surface area contributed by atoms with Crippen molar-refractivity contribution in [3.63, 3.8) is 0 Å².